The molecular weight excluding hydrogens is 250 g/mol. The molecule has 1 aromatic heterocycles. The fourth-order valence-electron chi connectivity index (χ4n) is 2.54. The van der Waals surface area contributed by atoms with Gasteiger partial charge in [0.1, 0.15) is 0 Å². The molecule has 3 aromatic rings. The van der Waals surface area contributed by atoms with E-state index in [2.05, 4.69) is 62.4 Å². The Morgan fingerprint density at radius 1 is 0.947 bits per heavy atom. The molecule has 0 aliphatic rings. The second-order valence-electron chi connectivity index (χ2n) is 4.95. The zero-order chi connectivity index (χ0) is 13.4. The first-order chi connectivity index (χ1) is 9.15. The average Bonchev–Trinajstić information content (AvgIpc) is 2.76. The number of aryl methyl sites for hydroxylation is 2. The highest BCUT2D eigenvalue weighted by Crippen LogP contribution is 2.30. The van der Waals surface area contributed by atoms with Crippen molar-refractivity contribution in [3.63, 3.8) is 0 Å². The van der Waals surface area contributed by atoms with E-state index in [0.717, 1.165) is 0 Å². The first kappa shape index (κ1) is 12.4. The van der Waals surface area contributed by atoms with Crippen LogP contribution in [-0.2, 0) is 0 Å². The average molecular weight is 267 g/mol. The maximum atomic E-state index is 6.43. The fraction of sp³-hybridized carbons (Fsp3) is 0.176. The van der Waals surface area contributed by atoms with Gasteiger partial charge in [-0.3, -0.25) is 0 Å². The van der Waals surface area contributed by atoms with Crippen molar-refractivity contribution in [2.45, 2.75) is 19.9 Å². The summed E-state index contributed by atoms with van der Waals surface area (Å²) < 4.78 is 0. The molecule has 0 saturated carbocycles. The number of nitrogens with two attached hydrogens (primary N) is 1. The Bertz CT molecular complexity index is 727. The lowest BCUT2D eigenvalue weighted by Crippen LogP contribution is -2.11. The third-order valence-electron chi connectivity index (χ3n) is 3.55. The molecule has 2 N–H and O–H groups in total. The van der Waals surface area contributed by atoms with Crippen LogP contribution in [0.1, 0.15) is 26.9 Å². The van der Waals surface area contributed by atoms with Gasteiger partial charge in [-0.2, -0.15) is 0 Å². The highest BCUT2D eigenvalue weighted by atomic mass is 32.1. The van der Waals surface area contributed by atoms with Crippen LogP contribution < -0.4 is 5.73 Å². The molecule has 0 amide bonds. The van der Waals surface area contributed by atoms with Gasteiger partial charge in [-0.1, -0.05) is 36.4 Å². The fourth-order valence-corrected chi connectivity index (χ4v) is 3.51. The lowest BCUT2D eigenvalue weighted by atomic mass is 9.97. The number of hydrogen-bond acceptors (Lipinski definition) is 2. The van der Waals surface area contributed by atoms with E-state index in [1.54, 1.807) is 0 Å². The highest BCUT2D eigenvalue weighted by Gasteiger charge is 2.14. The van der Waals surface area contributed by atoms with Gasteiger partial charge >= 0.3 is 0 Å². The van der Waals surface area contributed by atoms with E-state index in [1.807, 2.05) is 11.3 Å². The Morgan fingerprint density at radius 2 is 1.68 bits per heavy atom. The summed E-state index contributed by atoms with van der Waals surface area (Å²) in [5, 5.41) is 2.51. The molecule has 1 atom stereocenters. The second kappa shape index (κ2) is 4.80. The predicted octanol–water partition coefficient (Wildman–Crippen LogP) is 4.57. The minimum absolute atomic E-state index is 0.0328. The molecule has 2 aromatic carbocycles. The van der Waals surface area contributed by atoms with Crippen LogP contribution in [0.2, 0.25) is 0 Å². The van der Waals surface area contributed by atoms with E-state index in [9.17, 15) is 0 Å². The molecule has 0 aliphatic heterocycles. The van der Waals surface area contributed by atoms with Crippen molar-refractivity contribution in [1.29, 1.82) is 0 Å². The Morgan fingerprint density at radius 3 is 2.37 bits per heavy atom. The summed E-state index contributed by atoms with van der Waals surface area (Å²) in [5.74, 6) is 0. The van der Waals surface area contributed by atoms with Crippen LogP contribution in [0, 0.1) is 13.8 Å². The van der Waals surface area contributed by atoms with Crippen LogP contribution in [0.3, 0.4) is 0 Å². The normalized spacial score (nSPS) is 12.8. The summed E-state index contributed by atoms with van der Waals surface area (Å²) >= 11 is 1.82. The van der Waals surface area contributed by atoms with Crippen molar-refractivity contribution in [2.75, 3.05) is 0 Å². The maximum Gasteiger partial charge on any atom is 0.0562 e. The van der Waals surface area contributed by atoms with Gasteiger partial charge in [0.15, 0.2) is 0 Å². The van der Waals surface area contributed by atoms with E-state index in [4.69, 9.17) is 5.73 Å². The lowest BCUT2D eigenvalue weighted by molar-refractivity contribution is 0.870. The summed E-state index contributed by atoms with van der Waals surface area (Å²) in [5.41, 5.74) is 8.86. The van der Waals surface area contributed by atoms with Crippen LogP contribution in [0.5, 0.6) is 0 Å². The molecule has 1 nitrogen and oxygen atoms in total. The largest absolute Gasteiger partial charge is 0.320 e. The smallest absolute Gasteiger partial charge is 0.0562 e. The molecule has 0 aliphatic carbocycles. The summed E-state index contributed by atoms with van der Waals surface area (Å²) in [7, 11) is 0. The van der Waals surface area contributed by atoms with Crippen molar-refractivity contribution in [1.82, 2.24) is 0 Å². The van der Waals surface area contributed by atoms with Gasteiger partial charge in [0, 0.05) is 9.75 Å². The Labute approximate surface area is 117 Å². The van der Waals surface area contributed by atoms with Crippen LogP contribution >= 0.6 is 11.3 Å². The molecular formula is C17H17NS. The molecule has 0 spiro atoms. The Hall–Kier alpha value is -1.64. The van der Waals surface area contributed by atoms with Crippen molar-refractivity contribution < 1.29 is 0 Å². The van der Waals surface area contributed by atoms with Gasteiger partial charge in [0.05, 0.1) is 6.04 Å². The van der Waals surface area contributed by atoms with Crippen molar-refractivity contribution in [3.8, 4) is 0 Å². The predicted molar refractivity (Wildman–Crippen MR) is 83.8 cm³/mol. The van der Waals surface area contributed by atoms with Crippen LogP contribution in [-0.4, -0.2) is 0 Å². The summed E-state index contributed by atoms with van der Waals surface area (Å²) in [6.45, 7) is 4.28. The first-order valence-electron chi connectivity index (χ1n) is 6.46. The van der Waals surface area contributed by atoms with Gasteiger partial charge in [-0.15, -0.1) is 11.3 Å². The minimum atomic E-state index is -0.0328. The number of thiophene rings is 1. The summed E-state index contributed by atoms with van der Waals surface area (Å²) in [6, 6.07) is 17.1. The van der Waals surface area contributed by atoms with Crippen LogP contribution in [0.4, 0.5) is 0 Å². The van der Waals surface area contributed by atoms with Gasteiger partial charge in [-0.25, -0.2) is 0 Å². The van der Waals surface area contributed by atoms with Crippen molar-refractivity contribution in [3.05, 3.63) is 69.4 Å². The van der Waals surface area contributed by atoms with E-state index in [-0.39, 0.29) is 6.04 Å². The second-order valence-corrected chi connectivity index (χ2v) is 6.41. The molecule has 0 saturated heterocycles. The topological polar surface area (TPSA) is 26.0 Å². The van der Waals surface area contributed by atoms with E-state index in [0.29, 0.717) is 0 Å². The first-order valence-corrected chi connectivity index (χ1v) is 7.28. The standard InChI is InChI=1S/C17H17NS/c1-11-9-16(12(2)19-11)17(18)15-8-7-13-5-3-4-6-14(13)10-15/h3-10,17H,18H2,1-2H3. The molecule has 3 rings (SSSR count). The zero-order valence-electron chi connectivity index (χ0n) is 11.2. The number of rotatable bonds is 2. The Kier molecular flexibility index (Phi) is 3.13. The Balaban J connectivity index is 2.06. The molecule has 0 radical (unpaired) electrons. The summed E-state index contributed by atoms with van der Waals surface area (Å²) in [4.78, 5) is 2.64. The third-order valence-corrected chi connectivity index (χ3v) is 4.53. The third kappa shape index (κ3) is 2.29. The van der Waals surface area contributed by atoms with Crippen LogP contribution in [0.25, 0.3) is 10.8 Å². The lowest BCUT2D eigenvalue weighted by Gasteiger charge is -2.13. The molecule has 19 heavy (non-hydrogen) atoms. The summed E-state index contributed by atoms with van der Waals surface area (Å²) in [6.07, 6.45) is 0. The number of hydrogen-bond donors (Lipinski definition) is 1. The van der Waals surface area contributed by atoms with E-state index >= 15 is 0 Å². The molecule has 2 heteroatoms. The molecule has 0 fully saturated rings. The van der Waals surface area contributed by atoms with Crippen molar-refractivity contribution >= 4 is 22.1 Å². The van der Waals surface area contributed by atoms with E-state index < -0.39 is 0 Å². The quantitative estimate of drug-likeness (QED) is 0.723. The number of benzene rings is 2. The SMILES string of the molecule is Cc1cc(C(N)c2ccc3ccccc3c2)c(C)s1. The van der Waals surface area contributed by atoms with Crippen molar-refractivity contribution in [2.24, 2.45) is 5.73 Å². The van der Waals surface area contributed by atoms with Gasteiger partial charge < -0.3 is 5.73 Å². The van der Waals surface area contributed by atoms with Crippen LogP contribution in [0.15, 0.2) is 48.5 Å². The highest BCUT2D eigenvalue weighted by molar-refractivity contribution is 7.12. The minimum Gasteiger partial charge on any atom is -0.320 e. The molecule has 0 bridgehead atoms. The van der Waals surface area contributed by atoms with Gasteiger partial charge in [-0.05, 0) is 47.9 Å². The monoisotopic (exact) mass is 267 g/mol. The molecule has 1 unspecified atom stereocenters. The molecule has 96 valence electrons. The van der Waals surface area contributed by atoms with E-state index in [1.165, 1.54) is 31.7 Å². The molecule has 1 heterocycles. The zero-order valence-corrected chi connectivity index (χ0v) is 12.0. The maximum absolute atomic E-state index is 6.43. The number of fused-ring (bicyclic) bond motifs is 1. The van der Waals surface area contributed by atoms with Gasteiger partial charge in [0.2, 0.25) is 0 Å². The van der Waals surface area contributed by atoms with Gasteiger partial charge in [0.25, 0.3) is 0 Å².